The number of piperazine rings is 1. The Labute approximate surface area is 79.4 Å². The van der Waals surface area contributed by atoms with Crippen molar-refractivity contribution >= 4 is 0 Å². The molecule has 2 unspecified atom stereocenters. The van der Waals surface area contributed by atoms with Gasteiger partial charge >= 0.3 is 0 Å². The molecular weight excluding hydrogens is 160 g/mol. The first-order chi connectivity index (χ1) is 6.36. The number of nitrogens with one attached hydrogen (secondary N) is 2. The molecule has 1 aromatic carbocycles. The first-order valence-electron chi connectivity index (χ1n) is 4.88. The van der Waals surface area contributed by atoms with Gasteiger partial charge in [0.2, 0.25) is 0 Å². The Bertz CT molecular complexity index is 258. The van der Waals surface area contributed by atoms with E-state index in [2.05, 4.69) is 47.9 Å². The molecule has 0 aromatic heterocycles. The van der Waals surface area contributed by atoms with Crippen molar-refractivity contribution in [2.75, 3.05) is 13.1 Å². The molecule has 0 spiro atoms. The fourth-order valence-corrected chi connectivity index (χ4v) is 1.80. The van der Waals surface area contributed by atoms with Gasteiger partial charge in [-0.25, -0.2) is 0 Å². The Hall–Kier alpha value is -0.860. The zero-order valence-corrected chi connectivity index (χ0v) is 7.96. The normalized spacial score (nSPS) is 28.7. The highest BCUT2D eigenvalue weighted by Crippen LogP contribution is 2.14. The lowest BCUT2D eigenvalue weighted by Gasteiger charge is -2.29. The van der Waals surface area contributed by atoms with Crippen LogP contribution in [0.5, 0.6) is 0 Å². The van der Waals surface area contributed by atoms with Crippen molar-refractivity contribution in [1.82, 2.24) is 10.6 Å². The minimum Gasteiger partial charge on any atom is -0.313 e. The van der Waals surface area contributed by atoms with Crippen LogP contribution >= 0.6 is 0 Å². The number of hydrogen-bond acceptors (Lipinski definition) is 2. The second-order valence-corrected chi connectivity index (χ2v) is 3.69. The minimum atomic E-state index is 0.477. The molecule has 1 fully saturated rings. The second kappa shape index (κ2) is 3.90. The Morgan fingerprint density at radius 1 is 1.15 bits per heavy atom. The molecule has 1 aromatic rings. The van der Waals surface area contributed by atoms with Gasteiger partial charge in [-0.15, -0.1) is 0 Å². The first-order valence-corrected chi connectivity index (χ1v) is 4.88. The molecule has 2 rings (SSSR count). The quantitative estimate of drug-likeness (QED) is 0.674. The third kappa shape index (κ3) is 2.08. The number of rotatable bonds is 1. The van der Waals surface area contributed by atoms with Crippen LogP contribution in [0.15, 0.2) is 30.3 Å². The molecule has 0 bridgehead atoms. The van der Waals surface area contributed by atoms with E-state index in [1.807, 2.05) is 0 Å². The third-order valence-electron chi connectivity index (χ3n) is 2.49. The van der Waals surface area contributed by atoms with Crippen LogP contribution in [0.3, 0.4) is 0 Å². The van der Waals surface area contributed by atoms with Crippen molar-refractivity contribution in [2.45, 2.75) is 19.0 Å². The third-order valence-corrected chi connectivity index (χ3v) is 2.49. The van der Waals surface area contributed by atoms with Crippen molar-refractivity contribution in [3.63, 3.8) is 0 Å². The fourth-order valence-electron chi connectivity index (χ4n) is 1.80. The van der Waals surface area contributed by atoms with E-state index in [0.717, 1.165) is 13.1 Å². The summed E-state index contributed by atoms with van der Waals surface area (Å²) in [5.74, 6) is 0. The molecule has 2 atom stereocenters. The summed E-state index contributed by atoms with van der Waals surface area (Å²) in [6.07, 6.45) is 0. The minimum absolute atomic E-state index is 0.477. The lowest BCUT2D eigenvalue weighted by Crippen LogP contribution is -2.48. The van der Waals surface area contributed by atoms with Crippen LogP contribution in [0.1, 0.15) is 18.5 Å². The highest BCUT2D eigenvalue weighted by molar-refractivity contribution is 5.19. The summed E-state index contributed by atoms with van der Waals surface area (Å²) >= 11 is 0. The molecule has 0 radical (unpaired) electrons. The summed E-state index contributed by atoms with van der Waals surface area (Å²) in [7, 11) is 0. The molecule has 1 saturated heterocycles. The molecule has 1 aliphatic rings. The van der Waals surface area contributed by atoms with Gasteiger partial charge in [0.05, 0.1) is 0 Å². The van der Waals surface area contributed by atoms with Crippen LogP contribution in [0.4, 0.5) is 0 Å². The van der Waals surface area contributed by atoms with E-state index < -0.39 is 0 Å². The smallest absolute Gasteiger partial charge is 0.0449 e. The van der Waals surface area contributed by atoms with Gasteiger partial charge in [-0.05, 0) is 12.5 Å². The van der Waals surface area contributed by atoms with Crippen LogP contribution in [0.25, 0.3) is 0 Å². The lowest BCUT2D eigenvalue weighted by atomic mass is 10.0. The van der Waals surface area contributed by atoms with Gasteiger partial charge in [-0.3, -0.25) is 0 Å². The zero-order chi connectivity index (χ0) is 9.10. The molecule has 1 heterocycles. The van der Waals surface area contributed by atoms with E-state index in [9.17, 15) is 0 Å². The summed E-state index contributed by atoms with van der Waals surface area (Å²) < 4.78 is 0. The van der Waals surface area contributed by atoms with Crippen LogP contribution in [0.2, 0.25) is 0 Å². The number of benzene rings is 1. The van der Waals surface area contributed by atoms with Crippen LogP contribution in [-0.4, -0.2) is 19.1 Å². The predicted molar refractivity (Wildman–Crippen MR) is 54.7 cm³/mol. The van der Waals surface area contributed by atoms with Gasteiger partial charge in [0.1, 0.15) is 0 Å². The van der Waals surface area contributed by atoms with Gasteiger partial charge in [0.15, 0.2) is 0 Å². The molecule has 70 valence electrons. The van der Waals surface area contributed by atoms with Crippen LogP contribution < -0.4 is 10.6 Å². The Morgan fingerprint density at radius 3 is 2.62 bits per heavy atom. The van der Waals surface area contributed by atoms with Crippen LogP contribution in [-0.2, 0) is 0 Å². The van der Waals surface area contributed by atoms with Crippen molar-refractivity contribution < 1.29 is 0 Å². The molecule has 0 amide bonds. The van der Waals surface area contributed by atoms with Crippen molar-refractivity contribution in [1.29, 1.82) is 0 Å². The molecule has 0 aliphatic carbocycles. The summed E-state index contributed by atoms with van der Waals surface area (Å²) in [6, 6.07) is 11.6. The van der Waals surface area contributed by atoms with Gasteiger partial charge in [0.25, 0.3) is 0 Å². The Morgan fingerprint density at radius 2 is 1.92 bits per heavy atom. The second-order valence-electron chi connectivity index (χ2n) is 3.69. The Balaban J connectivity index is 2.08. The standard InChI is InChI=1S/C11H16N2/c1-9-7-12-8-11(13-9)10-5-3-2-4-6-10/h2-6,9,11-13H,7-8H2,1H3. The van der Waals surface area contributed by atoms with Crippen molar-refractivity contribution in [3.05, 3.63) is 35.9 Å². The van der Waals surface area contributed by atoms with Crippen molar-refractivity contribution in [2.24, 2.45) is 0 Å². The van der Waals surface area contributed by atoms with E-state index in [1.54, 1.807) is 0 Å². The lowest BCUT2D eigenvalue weighted by molar-refractivity contribution is 0.360. The average Bonchev–Trinajstić information content (AvgIpc) is 2.19. The van der Waals surface area contributed by atoms with Crippen LogP contribution in [0, 0.1) is 0 Å². The summed E-state index contributed by atoms with van der Waals surface area (Å²) in [4.78, 5) is 0. The van der Waals surface area contributed by atoms with Gasteiger partial charge < -0.3 is 10.6 Å². The summed E-state index contributed by atoms with van der Waals surface area (Å²) in [5, 5.41) is 6.99. The molecule has 2 N–H and O–H groups in total. The van der Waals surface area contributed by atoms with E-state index in [0.29, 0.717) is 12.1 Å². The monoisotopic (exact) mass is 176 g/mol. The van der Waals surface area contributed by atoms with Gasteiger partial charge in [0, 0.05) is 25.2 Å². The Kier molecular flexibility index (Phi) is 2.62. The maximum Gasteiger partial charge on any atom is 0.0449 e. The molecule has 2 nitrogen and oxygen atoms in total. The number of hydrogen-bond donors (Lipinski definition) is 2. The fraction of sp³-hybridized carbons (Fsp3) is 0.455. The molecule has 2 heteroatoms. The highest BCUT2D eigenvalue weighted by atomic mass is 15.1. The molecular formula is C11H16N2. The van der Waals surface area contributed by atoms with Crippen molar-refractivity contribution in [3.8, 4) is 0 Å². The SMILES string of the molecule is CC1CNCC(c2ccccc2)N1. The first kappa shape index (κ1) is 8.73. The predicted octanol–water partition coefficient (Wildman–Crippen LogP) is 1.31. The maximum atomic E-state index is 3.57. The summed E-state index contributed by atoms with van der Waals surface area (Å²) in [6.45, 7) is 4.32. The van der Waals surface area contributed by atoms with Gasteiger partial charge in [-0.1, -0.05) is 30.3 Å². The van der Waals surface area contributed by atoms with E-state index >= 15 is 0 Å². The molecule has 1 aliphatic heterocycles. The van der Waals surface area contributed by atoms with E-state index in [1.165, 1.54) is 5.56 Å². The molecule has 13 heavy (non-hydrogen) atoms. The molecule has 0 saturated carbocycles. The van der Waals surface area contributed by atoms with E-state index in [-0.39, 0.29) is 0 Å². The topological polar surface area (TPSA) is 24.1 Å². The van der Waals surface area contributed by atoms with E-state index in [4.69, 9.17) is 0 Å². The zero-order valence-electron chi connectivity index (χ0n) is 7.96. The van der Waals surface area contributed by atoms with Gasteiger partial charge in [-0.2, -0.15) is 0 Å². The largest absolute Gasteiger partial charge is 0.313 e. The average molecular weight is 176 g/mol. The maximum absolute atomic E-state index is 3.57. The highest BCUT2D eigenvalue weighted by Gasteiger charge is 2.17. The summed E-state index contributed by atoms with van der Waals surface area (Å²) in [5.41, 5.74) is 1.38.